The van der Waals surface area contributed by atoms with E-state index in [0.29, 0.717) is 13.1 Å². The summed E-state index contributed by atoms with van der Waals surface area (Å²) in [5, 5.41) is 9.75. The second kappa shape index (κ2) is 11.7. The molecular weight excluding hydrogens is 483 g/mol. The lowest BCUT2D eigenvalue weighted by molar-refractivity contribution is 0.414. The highest BCUT2D eigenvalue weighted by atomic mass is 127. The third kappa shape index (κ3) is 6.49. The van der Waals surface area contributed by atoms with Crippen molar-refractivity contribution in [3.63, 3.8) is 0 Å². The van der Waals surface area contributed by atoms with Crippen LogP contribution in [-0.4, -0.2) is 24.6 Å². The number of nitrogens with zero attached hydrogens (tertiary/aromatic N) is 2. The minimum atomic E-state index is 0. The van der Waals surface area contributed by atoms with Crippen molar-refractivity contribution in [2.24, 2.45) is 4.99 Å². The van der Waals surface area contributed by atoms with Crippen molar-refractivity contribution in [1.82, 2.24) is 15.6 Å². The molecule has 0 amide bonds. The fourth-order valence-corrected chi connectivity index (χ4v) is 3.28. The third-order valence-corrected chi connectivity index (χ3v) is 4.80. The van der Waals surface area contributed by atoms with Gasteiger partial charge < -0.3 is 15.4 Å². The lowest BCUT2D eigenvalue weighted by Gasteiger charge is -2.10. The molecule has 0 saturated carbocycles. The summed E-state index contributed by atoms with van der Waals surface area (Å²) in [5.41, 5.74) is 3.28. The molecule has 0 unspecified atom stereocenters. The van der Waals surface area contributed by atoms with E-state index in [9.17, 15) is 0 Å². The molecule has 2 N–H and O–H groups in total. The van der Waals surface area contributed by atoms with Crippen molar-refractivity contribution >= 4 is 41.3 Å². The number of nitrogens with one attached hydrogen (secondary N) is 2. The van der Waals surface area contributed by atoms with Gasteiger partial charge in [0.2, 0.25) is 0 Å². The van der Waals surface area contributed by atoms with Crippen LogP contribution in [0.3, 0.4) is 0 Å². The molecule has 0 aliphatic heterocycles. The van der Waals surface area contributed by atoms with E-state index in [1.807, 2.05) is 42.5 Å². The Morgan fingerprint density at radius 3 is 2.50 bits per heavy atom. The lowest BCUT2D eigenvalue weighted by atomic mass is 10.2. The minimum Gasteiger partial charge on any atom is -0.497 e. The Labute approximate surface area is 187 Å². The van der Waals surface area contributed by atoms with Gasteiger partial charge in [-0.15, -0.1) is 35.3 Å². The Balaban J connectivity index is 0.00000280. The zero-order chi connectivity index (χ0) is 18.9. The molecule has 0 saturated heterocycles. The molecule has 7 heteroatoms. The summed E-state index contributed by atoms with van der Waals surface area (Å²) in [5.74, 6) is 1.63. The molecule has 3 rings (SSSR count). The summed E-state index contributed by atoms with van der Waals surface area (Å²) >= 11 is 1.65. The standard InChI is InChI=1S/C21H24N4OS.HI/c1-3-22-21(23-13-16-9-11-18(26-2)12-10-16)24-14-20-25-19(15-27-20)17-7-5-4-6-8-17;/h4-12,15H,3,13-14H2,1-2H3,(H2,22,23,24);1H. The normalized spacial score (nSPS) is 10.9. The summed E-state index contributed by atoms with van der Waals surface area (Å²) < 4.78 is 5.19. The van der Waals surface area contributed by atoms with Gasteiger partial charge >= 0.3 is 0 Å². The SMILES string of the molecule is CCNC(=NCc1ccc(OC)cc1)NCc1nc(-c2ccccc2)cs1.I. The Morgan fingerprint density at radius 1 is 1.07 bits per heavy atom. The quantitative estimate of drug-likeness (QED) is 0.276. The number of rotatable bonds is 7. The molecule has 1 aromatic heterocycles. The lowest BCUT2D eigenvalue weighted by Crippen LogP contribution is -2.36. The van der Waals surface area contributed by atoms with E-state index in [4.69, 9.17) is 9.72 Å². The van der Waals surface area contributed by atoms with Crippen LogP contribution in [0.2, 0.25) is 0 Å². The van der Waals surface area contributed by atoms with Gasteiger partial charge in [0, 0.05) is 17.5 Å². The van der Waals surface area contributed by atoms with E-state index in [0.717, 1.165) is 40.1 Å². The van der Waals surface area contributed by atoms with Gasteiger partial charge in [0.25, 0.3) is 0 Å². The van der Waals surface area contributed by atoms with Crippen LogP contribution in [0.5, 0.6) is 5.75 Å². The number of halogens is 1. The zero-order valence-corrected chi connectivity index (χ0v) is 19.2. The van der Waals surface area contributed by atoms with Gasteiger partial charge in [-0.2, -0.15) is 0 Å². The van der Waals surface area contributed by atoms with Crippen LogP contribution < -0.4 is 15.4 Å². The molecule has 0 spiro atoms. The summed E-state index contributed by atoms with van der Waals surface area (Å²) in [6, 6.07) is 18.2. The number of thiazole rings is 1. The Hall–Kier alpha value is -2.13. The molecule has 0 atom stereocenters. The van der Waals surface area contributed by atoms with Gasteiger partial charge in [0.05, 0.1) is 25.9 Å². The highest BCUT2D eigenvalue weighted by Crippen LogP contribution is 2.21. The molecule has 0 fully saturated rings. The summed E-state index contributed by atoms with van der Waals surface area (Å²) in [7, 11) is 1.67. The van der Waals surface area contributed by atoms with Crippen LogP contribution in [0.15, 0.2) is 65.0 Å². The number of benzene rings is 2. The summed E-state index contributed by atoms with van der Waals surface area (Å²) in [4.78, 5) is 9.36. The van der Waals surface area contributed by atoms with Gasteiger partial charge in [-0.3, -0.25) is 0 Å². The van der Waals surface area contributed by atoms with E-state index >= 15 is 0 Å². The van der Waals surface area contributed by atoms with Crippen molar-refractivity contribution in [2.45, 2.75) is 20.0 Å². The van der Waals surface area contributed by atoms with E-state index in [2.05, 4.69) is 40.1 Å². The van der Waals surface area contributed by atoms with Crippen LogP contribution in [0.4, 0.5) is 0 Å². The van der Waals surface area contributed by atoms with Gasteiger partial charge in [0.1, 0.15) is 10.8 Å². The maximum absolute atomic E-state index is 5.19. The number of aromatic nitrogens is 1. The first kappa shape index (κ1) is 22.2. The number of hydrogen-bond donors (Lipinski definition) is 2. The first-order valence-corrected chi connectivity index (χ1v) is 9.81. The monoisotopic (exact) mass is 508 g/mol. The second-order valence-corrected chi connectivity index (χ2v) is 6.83. The highest BCUT2D eigenvalue weighted by molar-refractivity contribution is 14.0. The molecule has 1 heterocycles. The fraction of sp³-hybridized carbons (Fsp3) is 0.238. The largest absolute Gasteiger partial charge is 0.497 e. The van der Waals surface area contributed by atoms with Crippen molar-refractivity contribution in [3.8, 4) is 17.0 Å². The van der Waals surface area contributed by atoms with Crippen LogP contribution in [0, 0.1) is 0 Å². The highest BCUT2D eigenvalue weighted by Gasteiger charge is 2.05. The molecule has 148 valence electrons. The number of hydrogen-bond acceptors (Lipinski definition) is 4. The van der Waals surface area contributed by atoms with Crippen molar-refractivity contribution < 1.29 is 4.74 Å². The van der Waals surface area contributed by atoms with Gasteiger partial charge in [-0.05, 0) is 24.6 Å². The Bertz CT molecular complexity index is 866. The summed E-state index contributed by atoms with van der Waals surface area (Å²) in [6.45, 7) is 4.11. The van der Waals surface area contributed by atoms with Crippen LogP contribution in [-0.2, 0) is 13.1 Å². The average Bonchev–Trinajstić information content (AvgIpc) is 3.20. The summed E-state index contributed by atoms with van der Waals surface area (Å²) in [6.07, 6.45) is 0. The van der Waals surface area contributed by atoms with Gasteiger partial charge in [0.15, 0.2) is 5.96 Å². The predicted octanol–water partition coefficient (Wildman–Crippen LogP) is 4.69. The van der Waals surface area contributed by atoms with Gasteiger partial charge in [-0.25, -0.2) is 9.98 Å². The second-order valence-electron chi connectivity index (χ2n) is 5.89. The third-order valence-electron chi connectivity index (χ3n) is 3.95. The van der Waals surface area contributed by atoms with Crippen molar-refractivity contribution in [1.29, 1.82) is 0 Å². The molecule has 2 aromatic carbocycles. The first-order valence-electron chi connectivity index (χ1n) is 8.93. The molecule has 3 aromatic rings. The van der Waals surface area contributed by atoms with E-state index in [-0.39, 0.29) is 24.0 Å². The van der Waals surface area contributed by atoms with Crippen LogP contribution in [0.1, 0.15) is 17.5 Å². The maximum atomic E-state index is 5.19. The van der Waals surface area contributed by atoms with Crippen LogP contribution in [0.25, 0.3) is 11.3 Å². The van der Waals surface area contributed by atoms with E-state index in [1.165, 1.54) is 0 Å². The molecule has 0 aliphatic carbocycles. The van der Waals surface area contributed by atoms with E-state index in [1.54, 1.807) is 18.4 Å². The zero-order valence-electron chi connectivity index (χ0n) is 16.0. The topological polar surface area (TPSA) is 58.5 Å². The average molecular weight is 508 g/mol. The number of aliphatic imine (C=N–C) groups is 1. The molecule has 0 aliphatic rings. The molecule has 0 radical (unpaired) electrons. The molecule has 0 bridgehead atoms. The maximum Gasteiger partial charge on any atom is 0.191 e. The molecule has 28 heavy (non-hydrogen) atoms. The van der Waals surface area contributed by atoms with E-state index < -0.39 is 0 Å². The first-order chi connectivity index (χ1) is 13.3. The molecular formula is C21H25IN4OS. The smallest absolute Gasteiger partial charge is 0.191 e. The fourth-order valence-electron chi connectivity index (χ4n) is 2.54. The van der Waals surface area contributed by atoms with Gasteiger partial charge in [-0.1, -0.05) is 42.5 Å². The van der Waals surface area contributed by atoms with Crippen molar-refractivity contribution in [3.05, 3.63) is 70.5 Å². The van der Waals surface area contributed by atoms with Crippen molar-refractivity contribution in [2.75, 3.05) is 13.7 Å². The predicted molar refractivity (Wildman–Crippen MR) is 128 cm³/mol. The Kier molecular flexibility index (Phi) is 9.22. The number of methoxy groups -OCH3 is 1. The van der Waals surface area contributed by atoms with Crippen LogP contribution >= 0.6 is 35.3 Å². The number of ether oxygens (including phenoxy) is 1. The molecule has 5 nitrogen and oxygen atoms in total. The number of guanidine groups is 1. The minimum absolute atomic E-state index is 0. The Morgan fingerprint density at radius 2 is 1.82 bits per heavy atom.